The quantitative estimate of drug-likeness (QED) is 0.804. The van der Waals surface area contributed by atoms with Gasteiger partial charge >= 0.3 is 0 Å². The molecule has 0 spiro atoms. The topological polar surface area (TPSA) is 37.4 Å². The number of rotatable bonds is 1. The average molecular weight is 283 g/mol. The zero-order chi connectivity index (χ0) is 15.0. The molecule has 0 radical (unpaired) electrons. The number of amides is 1. The summed E-state index contributed by atoms with van der Waals surface area (Å²) in [6.45, 7) is 2.05. The number of halogens is 1. The molecule has 4 heteroatoms. The van der Waals surface area contributed by atoms with Crippen LogP contribution in [0, 0.1) is 12.7 Å². The largest absolute Gasteiger partial charge is 0.307 e. The van der Waals surface area contributed by atoms with E-state index in [1.807, 2.05) is 0 Å². The summed E-state index contributed by atoms with van der Waals surface area (Å²) in [7, 11) is 0. The summed E-state index contributed by atoms with van der Waals surface area (Å²) >= 11 is 0. The van der Waals surface area contributed by atoms with Crippen LogP contribution in [-0.4, -0.2) is 18.2 Å². The lowest BCUT2D eigenvalue weighted by atomic mass is 9.99. The maximum absolute atomic E-state index is 14.0. The molecule has 0 fully saturated rings. The molecule has 0 aromatic heterocycles. The molecule has 21 heavy (non-hydrogen) atoms. The van der Waals surface area contributed by atoms with Crippen molar-refractivity contribution in [2.24, 2.45) is 0 Å². The molecule has 106 valence electrons. The smallest absolute Gasteiger partial charge is 0.261 e. The highest BCUT2D eigenvalue weighted by Crippen LogP contribution is 2.28. The Morgan fingerprint density at radius 2 is 1.95 bits per heavy atom. The predicted molar refractivity (Wildman–Crippen MR) is 78.2 cm³/mol. The Labute approximate surface area is 122 Å². The Kier molecular flexibility index (Phi) is 3.29. The fraction of sp³-hybridized carbons (Fsp3) is 0.176. The van der Waals surface area contributed by atoms with Crippen LogP contribution in [-0.2, 0) is 0 Å². The van der Waals surface area contributed by atoms with Crippen LogP contribution in [0.15, 0.2) is 42.5 Å². The molecule has 0 unspecified atom stereocenters. The average Bonchev–Trinajstić information content (AvgIpc) is 2.47. The number of benzene rings is 2. The molecule has 0 bridgehead atoms. The molecular formula is C17H14FNO2. The van der Waals surface area contributed by atoms with Crippen molar-refractivity contribution in [1.29, 1.82) is 0 Å². The van der Waals surface area contributed by atoms with E-state index in [0.29, 0.717) is 11.3 Å². The van der Waals surface area contributed by atoms with Crippen LogP contribution in [0.4, 0.5) is 10.1 Å². The Bertz CT molecular complexity index is 739. The Hall–Kier alpha value is -2.49. The number of carbonyl (C=O) groups is 2. The molecule has 2 aromatic carbocycles. The Morgan fingerprint density at radius 1 is 1.19 bits per heavy atom. The van der Waals surface area contributed by atoms with Crippen molar-refractivity contribution in [1.82, 2.24) is 0 Å². The van der Waals surface area contributed by atoms with Crippen molar-refractivity contribution in [2.75, 3.05) is 11.4 Å². The highest BCUT2D eigenvalue weighted by molar-refractivity contribution is 6.13. The highest BCUT2D eigenvalue weighted by atomic mass is 19.1. The highest BCUT2D eigenvalue weighted by Gasteiger charge is 2.28. The summed E-state index contributed by atoms with van der Waals surface area (Å²) in [6, 6.07) is 11.5. The van der Waals surface area contributed by atoms with E-state index in [0.717, 1.165) is 5.56 Å². The van der Waals surface area contributed by atoms with Crippen molar-refractivity contribution in [2.45, 2.75) is 13.3 Å². The van der Waals surface area contributed by atoms with E-state index in [1.54, 1.807) is 37.3 Å². The summed E-state index contributed by atoms with van der Waals surface area (Å²) < 4.78 is 14.0. The number of hydrogen-bond acceptors (Lipinski definition) is 2. The predicted octanol–water partition coefficient (Wildman–Crippen LogP) is 3.37. The molecule has 2 aromatic rings. The first-order valence-corrected chi connectivity index (χ1v) is 6.78. The van der Waals surface area contributed by atoms with E-state index in [-0.39, 0.29) is 24.3 Å². The minimum absolute atomic E-state index is 0.0130. The van der Waals surface area contributed by atoms with Gasteiger partial charge in [0.2, 0.25) is 0 Å². The molecule has 0 saturated heterocycles. The maximum Gasteiger partial charge on any atom is 0.261 e. The third-order valence-electron chi connectivity index (χ3n) is 3.66. The van der Waals surface area contributed by atoms with Gasteiger partial charge in [-0.25, -0.2) is 4.39 Å². The van der Waals surface area contributed by atoms with Crippen molar-refractivity contribution >= 4 is 17.4 Å². The van der Waals surface area contributed by atoms with E-state index >= 15 is 0 Å². The van der Waals surface area contributed by atoms with Gasteiger partial charge in [-0.1, -0.05) is 18.2 Å². The number of anilines is 1. The molecule has 0 atom stereocenters. The lowest BCUT2D eigenvalue weighted by Crippen LogP contribution is -2.37. The first-order valence-electron chi connectivity index (χ1n) is 6.78. The van der Waals surface area contributed by atoms with Crippen LogP contribution in [0.5, 0.6) is 0 Å². The van der Waals surface area contributed by atoms with Gasteiger partial charge < -0.3 is 4.90 Å². The van der Waals surface area contributed by atoms with Gasteiger partial charge in [0.05, 0.1) is 11.3 Å². The third kappa shape index (κ3) is 2.33. The second-order valence-corrected chi connectivity index (χ2v) is 5.13. The Balaban J connectivity index is 2.03. The first kappa shape index (κ1) is 13.5. The standard InChI is InChI=1S/C17H14FNO2/c1-11-6-7-12(14(18)10-11)17(21)19-9-8-16(20)13-4-2-3-5-15(13)19/h2-7,10H,8-9H2,1H3. The van der Waals surface area contributed by atoms with E-state index in [2.05, 4.69) is 0 Å². The summed E-state index contributed by atoms with van der Waals surface area (Å²) in [5.41, 5.74) is 1.87. The minimum atomic E-state index is -0.533. The van der Waals surface area contributed by atoms with Crippen molar-refractivity contribution in [3.63, 3.8) is 0 Å². The van der Waals surface area contributed by atoms with Gasteiger partial charge in [0.15, 0.2) is 5.78 Å². The number of fused-ring (bicyclic) bond motifs is 1. The summed E-state index contributed by atoms with van der Waals surface area (Å²) in [4.78, 5) is 25.9. The SMILES string of the molecule is Cc1ccc(C(=O)N2CCC(=O)c3ccccc32)c(F)c1. The van der Waals surface area contributed by atoms with E-state index in [1.165, 1.54) is 17.0 Å². The molecule has 1 heterocycles. The molecule has 0 N–H and O–H groups in total. The van der Waals surface area contributed by atoms with Gasteiger partial charge in [0.1, 0.15) is 5.82 Å². The summed E-state index contributed by atoms with van der Waals surface area (Å²) in [5.74, 6) is -0.930. The molecule has 1 amide bonds. The van der Waals surface area contributed by atoms with Gasteiger partial charge in [-0.05, 0) is 36.8 Å². The van der Waals surface area contributed by atoms with E-state index in [9.17, 15) is 14.0 Å². The number of nitrogens with zero attached hydrogens (tertiary/aromatic N) is 1. The third-order valence-corrected chi connectivity index (χ3v) is 3.66. The second kappa shape index (κ2) is 5.13. The zero-order valence-electron chi connectivity index (χ0n) is 11.6. The fourth-order valence-corrected chi connectivity index (χ4v) is 2.56. The Morgan fingerprint density at radius 3 is 2.71 bits per heavy atom. The molecular weight excluding hydrogens is 269 g/mol. The second-order valence-electron chi connectivity index (χ2n) is 5.13. The van der Waals surface area contributed by atoms with Crippen molar-refractivity contribution in [3.05, 3.63) is 65.0 Å². The van der Waals surface area contributed by atoms with E-state index in [4.69, 9.17) is 0 Å². The van der Waals surface area contributed by atoms with Crippen LogP contribution in [0.25, 0.3) is 0 Å². The number of aryl methyl sites for hydroxylation is 1. The first-order chi connectivity index (χ1) is 10.1. The van der Waals surface area contributed by atoms with Crippen molar-refractivity contribution in [3.8, 4) is 0 Å². The summed E-state index contributed by atoms with van der Waals surface area (Å²) in [5, 5.41) is 0. The summed E-state index contributed by atoms with van der Waals surface area (Å²) in [6.07, 6.45) is 0.260. The van der Waals surface area contributed by atoms with Gasteiger partial charge in [-0.2, -0.15) is 0 Å². The minimum Gasteiger partial charge on any atom is -0.307 e. The van der Waals surface area contributed by atoms with Gasteiger partial charge in [-0.3, -0.25) is 9.59 Å². The van der Waals surface area contributed by atoms with Crippen molar-refractivity contribution < 1.29 is 14.0 Å². The van der Waals surface area contributed by atoms with Gasteiger partial charge in [0.25, 0.3) is 5.91 Å². The number of ketones is 1. The molecule has 0 aliphatic carbocycles. The molecule has 3 rings (SSSR count). The van der Waals surface area contributed by atoms with Crippen LogP contribution in [0.2, 0.25) is 0 Å². The monoisotopic (exact) mass is 283 g/mol. The molecule has 0 saturated carbocycles. The van der Waals surface area contributed by atoms with Gasteiger partial charge in [0, 0.05) is 18.5 Å². The van der Waals surface area contributed by atoms with Crippen LogP contribution in [0.3, 0.4) is 0 Å². The normalized spacial score (nSPS) is 14.0. The van der Waals surface area contributed by atoms with Crippen LogP contribution >= 0.6 is 0 Å². The van der Waals surface area contributed by atoms with Crippen LogP contribution in [0.1, 0.15) is 32.7 Å². The van der Waals surface area contributed by atoms with Crippen LogP contribution < -0.4 is 4.90 Å². The molecule has 1 aliphatic heterocycles. The number of Topliss-reactive ketones (excluding diaryl/α,β-unsaturated/α-hetero) is 1. The number of carbonyl (C=O) groups excluding carboxylic acids is 2. The lowest BCUT2D eigenvalue weighted by Gasteiger charge is -2.28. The molecule has 1 aliphatic rings. The molecule has 3 nitrogen and oxygen atoms in total. The number of hydrogen-bond donors (Lipinski definition) is 0. The van der Waals surface area contributed by atoms with E-state index < -0.39 is 11.7 Å². The maximum atomic E-state index is 14.0. The zero-order valence-corrected chi connectivity index (χ0v) is 11.6. The fourth-order valence-electron chi connectivity index (χ4n) is 2.56. The lowest BCUT2D eigenvalue weighted by molar-refractivity contribution is 0.0953. The number of para-hydroxylation sites is 1. The van der Waals surface area contributed by atoms with Gasteiger partial charge in [-0.15, -0.1) is 0 Å².